The fourth-order valence-electron chi connectivity index (χ4n) is 6.01. The van der Waals surface area contributed by atoms with Gasteiger partial charge >= 0.3 is 12.5 Å². The minimum Gasteiger partial charge on any atom is -0.425 e. The third-order valence-corrected chi connectivity index (χ3v) is 7.90. The molecule has 2 fully saturated rings. The predicted molar refractivity (Wildman–Crippen MR) is 124 cm³/mol. The summed E-state index contributed by atoms with van der Waals surface area (Å²) in [6.45, 7) is 2.24. The number of ether oxygens (including phenoxy) is 1. The Bertz CT molecular complexity index is 1010. The molecule has 2 saturated carbocycles. The van der Waals surface area contributed by atoms with Gasteiger partial charge in [-0.3, -0.25) is 0 Å². The minimum atomic E-state index is -4.82. The second-order valence-corrected chi connectivity index (χ2v) is 10.2. The highest BCUT2D eigenvalue weighted by Crippen LogP contribution is 2.48. The normalized spacial score (nSPS) is 24.9. The highest BCUT2D eigenvalue weighted by atomic mass is 19.3. The van der Waals surface area contributed by atoms with Gasteiger partial charge < -0.3 is 4.74 Å². The average molecular weight is 499 g/mol. The summed E-state index contributed by atoms with van der Waals surface area (Å²) in [4.78, 5) is 0. The van der Waals surface area contributed by atoms with Gasteiger partial charge in [0.1, 0.15) is 5.82 Å². The molecule has 1 unspecified atom stereocenters. The smallest absolute Gasteiger partial charge is 0.425 e. The van der Waals surface area contributed by atoms with Gasteiger partial charge in [0.25, 0.3) is 0 Å². The van der Waals surface area contributed by atoms with Crippen LogP contribution in [0, 0.1) is 29.4 Å². The van der Waals surface area contributed by atoms with Crippen LogP contribution in [-0.2, 0) is 0 Å². The van der Waals surface area contributed by atoms with Gasteiger partial charge in [0.05, 0.1) is 0 Å². The molecule has 2 aromatic carbocycles. The number of rotatable bonds is 8. The van der Waals surface area contributed by atoms with E-state index in [0.29, 0.717) is 5.92 Å². The monoisotopic (exact) mass is 498 g/mol. The average Bonchev–Trinajstić information content (AvgIpc) is 2.83. The number of unbranched alkanes of at least 4 members (excludes halogenated alkanes) is 1. The van der Waals surface area contributed by atoms with Crippen LogP contribution in [0.4, 0.5) is 26.3 Å². The van der Waals surface area contributed by atoms with Crippen molar-refractivity contribution in [3.05, 3.63) is 53.6 Å². The third-order valence-electron chi connectivity index (χ3n) is 7.90. The minimum absolute atomic E-state index is 0.116. The lowest BCUT2D eigenvalue weighted by Gasteiger charge is -2.42. The van der Waals surface area contributed by atoms with Gasteiger partial charge in [-0.1, -0.05) is 50.8 Å². The van der Waals surface area contributed by atoms with E-state index in [9.17, 15) is 22.0 Å². The summed E-state index contributed by atoms with van der Waals surface area (Å²) < 4.78 is 84.0. The van der Waals surface area contributed by atoms with E-state index in [2.05, 4.69) is 11.7 Å². The Kier molecular flexibility index (Phi) is 8.02. The van der Waals surface area contributed by atoms with Crippen LogP contribution >= 0.6 is 0 Å². The molecule has 2 aliphatic rings. The standard InChI is InChI=1S/C28H32F6O/c1-2-3-4-17-5-6-19-14-20(8-7-18(19)13-17)21-9-11-23(24(29)15-21)22-10-12-26(25(30)16-22)35-28(33,34)27(31)32/h9-12,15-20,27H,2-8,13-14H2,1H3/t17?,18-,19-,20-/m1/s1. The van der Waals surface area contributed by atoms with Crippen LogP contribution in [0.5, 0.6) is 5.75 Å². The van der Waals surface area contributed by atoms with E-state index in [-0.39, 0.29) is 17.0 Å². The Labute approximate surface area is 202 Å². The molecule has 0 amide bonds. The molecule has 2 aromatic rings. The van der Waals surface area contributed by atoms with Crippen molar-refractivity contribution in [3.63, 3.8) is 0 Å². The molecule has 0 saturated heterocycles. The zero-order valence-electron chi connectivity index (χ0n) is 19.9. The molecule has 192 valence electrons. The van der Waals surface area contributed by atoms with E-state index >= 15 is 4.39 Å². The summed E-state index contributed by atoms with van der Waals surface area (Å²) in [5, 5.41) is 0. The molecule has 7 heteroatoms. The maximum Gasteiger partial charge on any atom is 0.461 e. The van der Waals surface area contributed by atoms with Crippen LogP contribution in [0.25, 0.3) is 11.1 Å². The van der Waals surface area contributed by atoms with Gasteiger partial charge in [-0.25, -0.2) is 8.78 Å². The van der Waals surface area contributed by atoms with Gasteiger partial charge in [0.15, 0.2) is 11.6 Å². The van der Waals surface area contributed by atoms with Crippen molar-refractivity contribution in [1.29, 1.82) is 0 Å². The van der Waals surface area contributed by atoms with Crippen molar-refractivity contribution in [3.8, 4) is 16.9 Å². The quantitative estimate of drug-likeness (QED) is 0.330. The van der Waals surface area contributed by atoms with Gasteiger partial charge in [-0.15, -0.1) is 0 Å². The van der Waals surface area contributed by atoms with Crippen molar-refractivity contribution in [2.75, 3.05) is 0 Å². The maximum absolute atomic E-state index is 15.0. The van der Waals surface area contributed by atoms with Crippen LogP contribution < -0.4 is 4.74 Å². The summed E-state index contributed by atoms with van der Waals surface area (Å²) in [5.74, 6) is -0.218. The molecular formula is C28H32F6O. The van der Waals surface area contributed by atoms with Crippen molar-refractivity contribution in [2.24, 2.45) is 17.8 Å². The Morgan fingerprint density at radius 1 is 0.914 bits per heavy atom. The number of halogens is 6. The Morgan fingerprint density at radius 3 is 2.34 bits per heavy atom. The molecule has 2 aliphatic carbocycles. The molecule has 0 aliphatic heterocycles. The Balaban J connectivity index is 1.43. The fourth-order valence-corrected chi connectivity index (χ4v) is 6.01. The summed E-state index contributed by atoms with van der Waals surface area (Å²) in [7, 11) is 0. The molecule has 4 atom stereocenters. The molecule has 0 aromatic heterocycles. The molecule has 0 heterocycles. The summed E-state index contributed by atoms with van der Waals surface area (Å²) in [6.07, 6.45) is 2.06. The van der Waals surface area contributed by atoms with Gasteiger partial charge in [-0.2, -0.15) is 17.6 Å². The zero-order valence-corrected chi connectivity index (χ0v) is 19.9. The number of benzene rings is 2. The zero-order chi connectivity index (χ0) is 25.2. The highest BCUT2D eigenvalue weighted by molar-refractivity contribution is 5.65. The van der Waals surface area contributed by atoms with E-state index in [0.717, 1.165) is 48.8 Å². The van der Waals surface area contributed by atoms with Crippen molar-refractivity contribution in [1.82, 2.24) is 0 Å². The van der Waals surface area contributed by atoms with Crippen LogP contribution in [0.2, 0.25) is 0 Å². The molecule has 35 heavy (non-hydrogen) atoms. The molecule has 4 rings (SSSR count). The number of hydrogen-bond donors (Lipinski definition) is 0. The summed E-state index contributed by atoms with van der Waals surface area (Å²) >= 11 is 0. The lowest BCUT2D eigenvalue weighted by atomic mass is 9.63. The van der Waals surface area contributed by atoms with Gasteiger partial charge in [0, 0.05) is 5.56 Å². The van der Waals surface area contributed by atoms with Crippen molar-refractivity contribution < 1.29 is 31.1 Å². The third kappa shape index (κ3) is 5.97. The molecule has 0 N–H and O–H groups in total. The number of alkyl halides is 4. The van der Waals surface area contributed by atoms with E-state index in [1.807, 2.05) is 6.07 Å². The Morgan fingerprint density at radius 2 is 1.66 bits per heavy atom. The molecule has 1 nitrogen and oxygen atoms in total. The van der Waals surface area contributed by atoms with Crippen LogP contribution in [0.15, 0.2) is 36.4 Å². The van der Waals surface area contributed by atoms with Crippen molar-refractivity contribution >= 4 is 0 Å². The number of hydrogen-bond acceptors (Lipinski definition) is 1. The molecular weight excluding hydrogens is 466 g/mol. The maximum atomic E-state index is 15.0. The van der Waals surface area contributed by atoms with Crippen LogP contribution in [-0.4, -0.2) is 12.5 Å². The number of fused-ring (bicyclic) bond motifs is 1. The van der Waals surface area contributed by atoms with Crippen LogP contribution in [0.1, 0.15) is 76.2 Å². The van der Waals surface area contributed by atoms with Gasteiger partial charge in [0.2, 0.25) is 0 Å². The first-order chi connectivity index (χ1) is 16.7. The summed E-state index contributed by atoms with van der Waals surface area (Å²) in [5.41, 5.74) is 1.16. The van der Waals surface area contributed by atoms with E-state index in [1.54, 1.807) is 6.07 Å². The van der Waals surface area contributed by atoms with E-state index in [4.69, 9.17) is 0 Å². The molecule has 0 bridgehead atoms. The largest absolute Gasteiger partial charge is 0.461 e. The Hall–Kier alpha value is -2.18. The lowest BCUT2D eigenvalue weighted by molar-refractivity contribution is -0.254. The first kappa shape index (κ1) is 25.9. The second-order valence-electron chi connectivity index (χ2n) is 10.2. The van der Waals surface area contributed by atoms with Gasteiger partial charge in [-0.05, 0) is 85.1 Å². The molecule has 0 radical (unpaired) electrons. The SMILES string of the molecule is CCCCC1CC[C@@H]2C[C@H](c3ccc(-c4ccc(OC(F)(F)C(F)F)c(F)c4)c(F)c3)CC[C@@H]2C1. The second kappa shape index (κ2) is 10.8. The molecule has 0 spiro atoms. The first-order valence-electron chi connectivity index (χ1n) is 12.6. The first-order valence-corrected chi connectivity index (χ1v) is 12.6. The van der Waals surface area contributed by atoms with Crippen molar-refractivity contribution in [2.45, 2.75) is 83.2 Å². The summed E-state index contributed by atoms with van der Waals surface area (Å²) in [6, 6.07) is 7.72. The topological polar surface area (TPSA) is 9.23 Å². The predicted octanol–water partition coefficient (Wildman–Crippen LogP) is 9.36. The van der Waals surface area contributed by atoms with Crippen LogP contribution in [0.3, 0.4) is 0 Å². The fraction of sp³-hybridized carbons (Fsp3) is 0.571. The van der Waals surface area contributed by atoms with E-state index < -0.39 is 29.9 Å². The lowest BCUT2D eigenvalue weighted by Crippen LogP contribution is -2.33. The van der Waals surface area contributed by atoms with E-state index in [1.165, 1.54) is 50.7 Å². The highest BCUT2D eigenvalue weighted by Gasteiger charge is 2.44.